The predicted molar refractivity (Wildman–Crippen MR) is 155 cm³/mol. The van der Waals surface area contributed by atoms with E-state index in [4.69, 9.17) is 4.74 Å². The lowest BCUT2D eigenvalue weighted by atomic mass is 10.0. The number of aryl methyl sites for hydroxylation is 1. The van der Waals surface area contributed by atoms with Gasteiger partial charge >= 0.3 is 6.09 Å². The fourth-order valence-electron chi connectivity index (χ4n) is 5.16. The first-order valence-corrected chi connectivity index (χ1v) is 13.7. The fraction of sp³-hybridized carbons (Fsp3) is 0.345. The molecule has 2 bridgehead atoms. The highest BCUT2D eigenvalue weighted by Gasteiger charge is 2.28. The Labute approximate surface area is 245 Å². The van der Waals surface area contributed by atoms with Gasteiger partial charge in [-0.2, -0.15) is 0 Å². The lowest BCUT2D eigenvalue weighted by molar-refractivity contribution is -0.129. The number of fused-ring (bicyclic) bond motifs is 5. The third-order valence-corrected chi connectivity index (χ3v) is 7.42. The van der Waals surface area contributed by atoms with Gasteiger partial charge in [0, 0.05) is 44.1 Å². The van der Waals surface area contributed by atoms with E-state index in [0.29, 0.717) is 54.1 Å². The van der Waals surface area contributed by atoms with Gasteiger partial charge in [0.2, 0.25) is 5.91 Å². The van der Waals surface area contributed by atoms with E-state index in [1.807, 2.05) is 0 Å². The summed E-state index contributed by atoms with van der Waals surface area (Å²) < 4.78 is 36.4. The number of benzene rings is 2. The second-order valence-corrected chi connectivity index (χ2v) is 10.6. The van der Waals surface area contributed by atoms with Crippen LogP contribution in [0.5, 0.6) is 0 Å². The predicted octanol–water partition coefficient (Wildman–Crippen LogP) is 4.33. The lowest BCUT2D eigenvalue weighted by Gasteiger charge is -2.25. The van der Waals surface area contributed by atoms with Gasteiger partial charge in [-0.05, 0) is 31.0 Å². The van der Waals surface area contributed by atoms with Crippen LogP contribution in [0.25, 0.3) is 22.3 Å². The first kappa shape index (κ1) is 29.5. The number of rotatable bonds is 4. The van der Waals surface area contributed by atoms with Crippen molar-refractivity contribution in [1.82, 2.24) is 29.7 Å². The summed E-state index contributed by atoms with van der Waals surface area (Å²) in [5, 5.41) is 8.70. The van der Waals surface area contributed by atoms with E-state index in [1.165, 1.54) is 22.9 Å². The molecule has 12 nitrogen and oxygen atoms in total. The molecular weight excluding hydrogens is 562 g/mol. The molecule has 226 valence electrons. The Kier molecular flexibility index (Phi) is 8.28. The molecule has 0 unspecified atom stereocenters. The molecule has 1 aliphatic rings. The molecule has 0 fully saturated rings. The van der Waals surface area contributed by atoms with Crippen molar-refractivity contribution in [3.63, 3.8) is 0 Å². The maximum atomic E-state index is 15.3. The summed E-state index contributed by atoms with van der Waals surface area (Å²) in [4.78, 5) is 51.4. The number of likely N-dealkylation sites (N-methyl/N-ethyl adjacent to an activating group) is 1. The number of halogens is 2. The third kappa shape index (κ3) is 5.98. The number of ether oxygens (including phenoxy) is 1. The molecule has 0 spiro atoms. The van der Waals surface area contributed by atoms with Crippen molar-refractivity contribution in [1.29, 1.82) is 0 Å². The van der Waals surface area contributed by atoms with Gasteiger partial charge in [-0.3, -0.25) is 14.9 Å². The SMILES string of the molecule is COC(=O)Nc1ccc2c(c1)N[C@@H](C(=O)N(C)C)CCCC[C@H](NC(=O)c1c(F)cc3c(ncn3C)c1F)c1ncc-2[nH]1. The van der Waals surface area contributed by atoms with Crippen LogP contribution in [0.1, 0.15) is 47.9 Å². The normalized spacial score (nSPS) is 16.7. The zero-order valence-electron chi connectivity index (χ0n) is 24.1. The first-order chi connectivity index (χ1) is 20.6. The maximum Gasteiger partial charge on any atom is 0.411 e. The number of carbonyl (C=O) groups excluding carboxylic acids is 3. The number of methoxy groups -OCH3 is 1. The quantitative estimate of drug-likeness (QED) is 0.275. The second kappa shape index (κ2) is 12.1. The number of imidazole rings is 2. The molecule has 0 saturated heterocycles. The number of hydrogen-bond donors (Lipinski definition) is 4. The highest BCUT2D eigenvalue weighted by atomic mass is 19.1. The highest BCUT2D eigenvalue weighted by Crippen LogP contribution is 2.33. The molecule has 5 rings (SSSR count). The number of aromatic amines is 1. The molecule has 2 atom stereocenters. The van der Waals surface area contributed by atoms with Gasteiger partial charge in [-0.25, -0.2) is 23.5 Å². The minimum Gasteiger partial charge on any atom is -0.453 e. The molecule has 0 aliphatic carbocycles. The Morgan fingerprint density at radius 1 is 1.12 bits per heavy atom. The molecule has 3 heterocycles. The summed E-state index contributed by atoms with van der Waals surface area (Å²) in [7, 11) is 6.20. The maximum absolute atomic E-state index is 15.3. The largest absolute Gasteiger partial charge is 0.453 e. The second-order valence-electron chi connectivity index (χ2n) is 10.6. The Hall–Kier alpha value is -5.01. The molecule has 0 radical (unpaired) electrons. The number of hydrogen-bond acceptors (Lipinski definition) is 7. The zero-order valence-corrected chi connectivity index (χ0v) is 24.1. The van der Waals surface area contributed by atoms with Crippen molar-refractivity contribution in [2.45, 2.75) is 37.8 Å². The van der Waals surface area contributed by atoms with Crippen LogP contribution in [0.3, 0.4) is 0 Å². The van der Waals surface area contributed by atoms with Gasteiger partial charge in [0.15, 0.2) is 5.82 Å². The van der Waals surface area contributed by atoms with E-state index in [0.717, 1.165) is 6.07 Å². The number of nitrogens with one attached hydrogen (secondary N) is 4. The highest BCUT2D eigenvalue weighted by molar-refractivity contribution is 5.98. The summed E-state index contributed by atoms with van der Waals surface area (Å²) in [6.45, 7) is 0. The van der Waals surface area contributed by atoms with Crippen molar-refractivity contribution in [2.75, 3.05) is 31.8 Å². The van der Waals surface area contributed by atoms with Crippen LogP contribution < -0.4 is 16.0 Å². The van der Waals surface area contributed by atoms with E-state index < -0.39 is 41.3 Å². The van der Waals surface area contributed by atoms with Crippen molar-refractivity contribution < 1.29 is 27.9 Å². The van der Waals surface area contributed by atoms with E-state index in [2.05, 4.69) is 30.9 Å². The number of H-pyrrole nitrogens is 1. The minimum atomic E-state index is -1.04. The van der Waals surface area contributed by atoms with Gasteiger partial charge in [-0.15, -0.1) is 0 Å². The van der Waals surface area contributed by atoms with Crippen LogP contribution >= 0.6 is 0 Å². The van der Waals surface area contributed by atoms with Crippen molar-refractivity contribution >= 4 is 40.3 Å². The van der Waals surface area contributed by atoms with Gasteiger partial charge in [-0.1, -0.05) is 12.8 Å². The minimum absolute atomic E-state index is 0.102. The molecule has 1 aliphatic heterocycles. The van der Waals surface area contributed by atoms with Gasteiger partial charge < -0.3 is 29.8 Å². The van der Waals surface area contributed by atoms with Crippen molar-refractivity contribution in [3.8, 4) is 11.3 Å². The van der Waals surface area contributed by atoms with Crippen LogP contribution in [0.4, 0.5) is 25.0 Å². The van der Waals surface area contributed by atoms with Crippen LogP contribution in [0.15, 0.2) is 36.8 Å². The number of amides is 3. The molecule has 43 heavy (non-hydrogen) atoms. The first-order valence-electron chi connectivity index (χ1n) is 13.7. The smallest absolute Gasteiger partial charge is 0.411 e. The summed E-state index contributed by atoms with van der Waals surface area (Å²) in [5.41, 5.74) is 1.61. The van der Waals surface area contributed by atoms with E-state index in [-0.39, 0.29) is 16.9 Å². The summed E-state index contributed by atoms with van der Waals surface area (Å²) in [6.07, 6.45) is 4.30. The standard InChI is InChI=1S/C29H32F2N8O4/c1-38(2)28(41)19-8-6-5-7-18(37-27(40)23-17(30)12-22-25(24(23)31)33-14-39(22)3)26-32-13-21(36-26)16-10-9-15(11-20(16)35-19)34-29(42)43-4/h9-14,18-19,35H,5-8H2,1-4H3,(H,32,36)(H,34,42)(H,37,40)/t18-,19+/m0/s1. The Morgan fingerprint density at radius 3 is 2.63 bits per heavy atom. The van der Waals surface area contributed by atoms with Gasteiger partial charge in [0.05, 0.1) is 36.9 Å². The topological polar surface area (TPSA) is 146 Å². The molecule has 4 N–H and O–H groups in total. The van der Waals surface area contributed by atoms with E-state index in [9.17, 15) is 14.4 Å². The number of carbonyl (C=O) groups is 3. The summed E-state index contributed by atoms with van der Waals surface area (Å²) in [5.74, 6) is -2.71. The van der Waals surface area contributed by atoms with E-state index >= 15 is 8.78 Å². The van der Waals surface area contributed by atoms with Gasteiger partial charge in [0.25, 0.3) is 5.91 Å². The Morgan fingerprint density at radius 2 is 1.88 bits per heavy atom. The molecule has 4 aromatic rings. The van der Waals surface area contributed by atoms with E-state index in [1.54, 1.807) is 45.5 Å². The Balaban J connectivity index is 1.50. The molecule has 14 heteroatoms. The van der Waals surface area contributed by atoms with Crippen LogP contribution in [-0.2, 0) is 16.6 Å². The third-order valence-electron chi connectivity index (χ3n) is 7.42. The molecule has 3 amide bonds. The van der Waals surface area contributed by atoms with Crippen LogP contribution in [0, 0.1) is 11.6 Å². The number of nitrogens with zero attached hydrogens (tertiary/aromatic N) is 4. The average Bonchev–Trinajstić information content (AvgIpc) is 3.60. The summed E-state index contributed by atoms with van der Waals surface area (Å²) >= 11 is 0. The molecule has 2 aromatic carbocycles. The van der Waals surface area contributed by atoms with Gasteiger partial charge in [0.1, 0.15) is 28.8 Å². The number of aromatic nitrogens is 4. The fourth-order valence-corrected chi connectivity index (χ4v) is 5.16. The zero-order chi connectivity index (χ0) is 30.8. The lowest BCUT2D eigenvalue weighted by Crippen LogP contribution is -2.39. The molecule has 0 saturated carbocycles. The average molecular weight is 595 g/mol. The van der Waals surface area contributed by atoms with Crippen molar-refractivity contribution in [3.05, 3.63) is 59.8 Å². The van der Waals surface area contributed by atoms with Crippen LogP contribution in [0.2, 0.25) is 0 Å². The van der Waals surface area contributed by atoms with Crippen molar-refractivity contribution in [2.24, 2.45) is 7.05 Å². The number of anilines is 2. The molecular formula is C29H32F2N8O4. The summed E-state index contributed by atoms with van der Waals surface area (Å²) in [6, 6.07) is 4.89. The molecule has 2 aromatic heterocycles. The van der Waals surface area contributed by atoms with Crippen LogP contribution in [-0.4, -0.2) is 69.6 Å². The Bertz CT molecular complexity index is 1700. The monoisotopic (exact) mass is 594 g/mol.